The van der Waals surface area contributed by atoms with Crippen LogP contribution in [-0.2, 0) is 6.18 Å². The van der Waals surface area contributed by atoms with E-state index >= 15 is 0 Å². The third-order valence-corrected chi connectivity index (χ3v) is 2.34. The fourth-order valence-corrected chi connectivity index (χ4v) is 1.34. The maximum atomic E-state index is 12.4. The minimum atomic E-state index is -4.44. The quantitative estimate of drug-likeness (QED) is 0.843. The molecule has 2 nitrogen and oxygen atoms in total. The van der Waals surface area contributed by atoms with E-state index in [4.69, 9.17) is 0 Å². The number of aliphatic hydroxyl groups is 2. The molecular formula is C11H13F3O2. The van der Waals surface area contributed by atoms with E-state index in [1.165, 1.54) is 12.1 Å². The first-order chi connectivity index (χ1) is 7.36. The molecule has 0 saturated carbocycles. The van der Waals surface area contributed by atoms with Gasteiger partial charge in [-0.3, -0.25) is 0 Å². The molecule has 0 saturated heterocycles. The highest BCUT2D eigenvalue weighted by molar-refractivity contribution is 5.27. The highest BCUT2D eigenvalue weighted by Gasteiger charge is 2.31. The van der Waals surface area contributed by atoms with Crippen LogP contribution in [0.15, 0.2) is 24.3 Å². The van der Waals surface area contributed by atoms with Crippen molar-refractivity contribution >= 4 is 0 Å². The largest absolute Gasteiger partial charge is 0.416 e. The summed E-state index contributed by atoms with van der Waals surface area (Å²) in [5.41, 5.74) is -0.753. The summed E-state index contributed by atoms with van der Waals surface area (Å²) >= 11 is 0. The second kappa shape index (κ2) is 4.84. The Labute approximate surface area is 91.3 Å². The number of halogens is 3. The molecule has 2 atom stereocenters. The number of alkyl halides is 3. The molecular weight excluding hydrogens is 221 g/mol. The zero-order chi connectivity index (χ0) is 12.3. The van der Waals surface area contributed by atoms with Crippen molar-refractivity contribution in [1.82, 2.24) is 0 Å². The fraction of sp³-hybridized carbons (Fsp3) is 0.455. The lowest BCUT2D eigenvalue weighted by molar-refractivity contribution is -0.137. The fourth-order valence-electron chi connectivity index (χ4n) is 1.34. The Balaban J connectivity index is 2.99. The summed E-state index contributed by atoms with van der Waals surface area (Å²) in [5, 5.41) is 18.9. The molecule has 0 radical (unpaired) electrons. The minimum Gasteiger partial charge on any atom is -0.390 e. The molecule has 0 spiro atoms. The summed E-state index contributed by atoms with van der Waals surface area (Å²) in [6.07, 6.45) is -6.50. The van der Waals surface area contributed by atoms with E-state index in [1.54, 1.807) is 6.92 Å². The van der Waals surface area contributed by atoms with Crippen LogP contribution in [0.3, 0.4) is 0 Å². The number of hydrogen-bond donors (Lipinski definition) is 2. The highest BCUT2D eigenvalue weighted by Crippen LogP contribution is 2.31. The van der Waals surface area contributed by atoms with Gasteiger partial charge in [-0.05, 0) is 24.1 Å². The maximum Gasteiger partial charge on any atom is 0.416 e. The molecule has 0 amide bonds. The Morgan fingerprint density at radius 1 is 1.25 bits per heavy atom. The topological polar surface area (TPSA) is 40.5 Å². The van der Waals surface area contributed by atoms with Crippen molar-refractivity contribution in [3.63, 3.8) is 0 Å². The monoisotopic (exact) mass is 234 g/mol. The number of benzene rings is 1. The third kappa shape index (κ3) is 2.96. The van der Waals surface area contributed by atoms with E-state index in [1.807, 2.05) is 0 Å². The molecule has 2 unspecified atom stereocenters. The Morgan fingerprint density at radius 2 is 1.88 bits per heavy atom. The van der Waals surface area contributed by atoms with Crippen molar-refractivity contribution in [2.75, 3.05) is 0 Å². The molecule has 90 valence electrons. The zero-order valence-electron chi connectivity index (χ0n) is 8.70. The first-order valence-electron chi connectivity index (χ1n) is 4.89. The summed E-state index contributed by atoms with van der Waals surface area (Å²) in [5.74, 6) is 0. The Kier molecular flexibility index (Phi) is 3.93. The Hall–Kier alpha value is -1.07. The van der Waals surface area contributed by atoms with Crippen molar-refractivity contribution in [3.05, 3.63) is 35.4 Å². The van der Waals surface area contributed by atoms with Gasteiger partial charge < -0.3 is 10.2 Å². The number of rotatable bonds is 3. The molecule has 0 aliphatic rings. The summed E-state index contributed by atoms with van der Waals surface area (Å²) in [6, 6.07) is 4.35. The molecule has 0 fully saturated rings. The summed E-state index contributed by atoms with van der Waals surface area (Å²) in [6.45, 7) is 1.64. The summed E-state index contributed by atoms with van der Waals surface area (Å²) in [7, 11) is 0. The molecule has 16 heavy (non-hydrogen) atoms. The van der Waals surface area contributed by atoms with Gasteiger partial charge in [0.15, 0.2) is 0 Å². The SMILES string of the molecule is CCC(O)C(O)c1cccc(C(F)(F)F)c1. The second-order valence-electron chi connectivity index (χ2n) is 3.54. The van der Waals surface area contributed by atoms with Gasteiger partial charge in [0.2, 0.25) is 0 Å². The van der Waals surface area contributed by atoms with Gasteiger partial charge in [-0.25, -0.2) is 0 Å². The Morgan fingerprint density at radius 3 is 2.38 bits per heavy atom. The van der Waals surface area contributed by atoms with Crippen LogP contribution in [0.4, 0.5) is 13.2 Å². The van der Waals surface area contributed by atoms with E-state index in [-0.39, 0.29) is 12.0 Å². The molecule has 2 N–H and O–H groups in total. The van der Waals surface area contributed by atoms with Gasteiger partial charge in [0.1, 0.15) is 6.10 Å². The zero-order valence-corrected chi connectivity index (χ0v) is 8.70. The summed E-state index contributed by atoms with van der Waals surface area (Å²) in [4.78, 5) is 0. The van der Waals surface area contributed by atoms with Gasteiger partial charge in [0.05, 0.1) is 11.7 Å². The summed E-state index contributed by atoms with van der Waals surface area (Å²) < 4.78 is 37.1. The van der Waals surface area contributed by atoms with Crippen LogP contribution in [-0.4, -0.2) is 16.3 Å². The normalized spacial score (nSPS) is 15.9. The van der Waals surface area contributed by atoms with Gasteiger partial charge in [-0.2, -0.15) is 13.2 Å². The molecule has 1 rings (SSSR count). The van der Waals surface area contributed by atoms with Gasteiger partial charge in [-0.15, -0.1) is 0 Å². The smallest absolute Gasteiger partial charge is 0.390 e. The maximum absolute atomic E-state index is 12.4. The lowest BCUT2D eigenvalue weighted by Gasteiger charge is -2.17. The highest BCUT2D eigenvalue weighted by atomic mass is 19.4. The minimum absolute atomic E-state index is 0.0733. The van der Waals surface area contributed by atoms with Crippen LogP contribution in [0.2, 0.25) is 0 Å². The van der Waals surface area contributed by atoms with Crippen LogP contribution >= 0.6 is 0 Å². The standard InChI is InChI=1S/C11H13F3O2/c1-2-9(15)10(16)7-4-3-5-8(6-7)11(12,13)14/h3-6,9-10,15-16H,2H2,1H3. The van der Waals surface area contributed by atoms with Gasteiger partial charge in [0.25, 0.3) is 0 Å². The van der Waals surface area contributed by atoms with E-state index in [0.717, 1.165) is 12.1 Å². The van der Waals surface area contributed by atoms with Crippen LogP contribution < -0.4 is 0 Å². The van der Waals surface area contributed by atoms with Crippen molar-refractivity contribution in [3.8, 4) is 0 Å². The second-order valence-corrected chi connectivity index (χ2v) is 3.54. The van der Waals surface area contributed by atoms with Crippen molar-refractivity contribution in [2.24, 2.45) is 0 Å². The lowest BCUT2D eigenvalue weighted by atomic mass is 10.0. The number of aliphatic hydroxyl groups excluding tert-OH is 2. The van der Waals surface area contributed by atoms with Gasteiger partial charge in [-0.1, -0.05) is 19.1 Å². The predicted octanol–water partition coefficient (Wildman–Crippen LogP) is 2.51. The molecule has 0 aliphatic carbocycles. The first kappa shape index (κ1) is 13.0. The average Bonchev–Trinajstić information content (AvgIpc) is 2.26. The average molecular weight is 234 g/mol. The molecule has 5 heteroatoms. The molecule has 0 aromatic heterocycles. The van der Waals surface area contributed by atoms with Crippen LogP contribution in [0.5, 0.6) is 0 Å². The van der Waals surface area contributed by atoms with Crippen LogP contribution in [0, 0.1) is 0 Å². The first-order valence-corrected chi connectivity index (χ1v) is 4.89. The van der Waals surface area contributed by atoms with Crippen LogP contribution in [0.25, 0.3) is 0 Å². The molecule has 0 aliphatic heterocycles. The Bertz CT molecular complexity index is 349. The van der Waals surface area contributed by atoms with Crippen molar-refractivity contribution in [2.45, 2.75) is 31.7 Å². The molecule has 0 heterocycles. The number of hydrogen-bond acceptors (Lipinski definition) is 2. The van der Waals surface area contributed by atoms with Gasteiger partial charge >= 0.3 is 6.18 Å². The molecule has 1 aromatic carbocycles. The molecule has 1 aromatic rings. The van der Waals surface area contributed by atoms with E-state index in [9.17, 15) is 23.4 Å². The lowest BCUT2D eigenvalue weighted by Crippen LogP contribution is -2.17. The van der Waals surface area contributed by atoms with E-state index in [0.29, 0.717) is 0 Å². The predicted molar refractivity (Wildman–Crippen MR) is 52.7 cm³/mol. The third-order valence-electron chi connectivity index (χ3n) is 2.34. The van der Waals surface area contributed by atoms with E-state index in [2.05, 4.69) is 0 Å². The van der Waals surface area contributed by atoms with Crippen molar-refractivity contribution < 1.29 is 23.4 Å². The van der Waals surface area contributed by atoms with Crippen molar-refractivity contribution in [1.29, 1.82) is 0 Å². The van der Waals surface area contributed by atoms with E-state index < -0.39 is 23.9 Å². The van der Waals surface area contributed by atoms with Gasteiger partial charge in [0, 0.05) is 0 Å². The molecule has 0 bridgehead atoms. The van der Waals surface area contributed by atoms with Crippen LogP contribution in [0.1, 0.15) is 30.6 Å².